The van der Waals surface area contributed by atoms with Crippen molar-refractivity contribution in [3.8, 4) is 11.5 Å². The predicted octanol–water partition coefficient (Wildman–Crippen LogP) is 4.77. The van der Waals surface area contributed by atoms with E-state index in [0.717, 1.165) is 12.1 Å². The second-order valence-corrected chi connectivity index (χ2v) is 5.53. The van der Waals surface area contributed by atoms with Gasteiger partial charge in [-0.15, -0.1) is 0 Å². The Labute approximate surface area is 147 Å². The average molecular weight is 374 g/mol. The van der Waals surface area contributed by atoms with Crippen molar-refractivity contribution in [2.45, 2.75) is 19.2 Å². The van der Waals surface area contributed by atoms with Gasteiger partial charge in [-0.25, -0.2) is 0 Å². The monoisotopic (exact) mass is 373 g/mol. The maximum Gasteiger partial charge on any atom is 0.417 e. The van der Waals surface area contributed by atoms with E-state index in [1.54, 1.807) is 24.3 Å². The fourth-order valence-electron chi connectivity index (χ4n) is 2.00. The van der Waals surface area contributed by atoms with Gasteiger partial charge in [0.1, 0.15) is 11.5 Å². The summed E-state index contributed by atoms with van der Waals surface area (Å²) in [4.78, 5) is 12.1. The molecule has 4 nitrogen and oxygen atoms in total. The summed E-state index contributed by atoms with van der Waals surface area (Å²) in [6, 6.07) is 9.77. The molecule has 0 heterocycles. The number of hydrogen-bond donors (Lipinski definition) is 1. The number of alkyl halides is 3. The highest BCUT2D eigenvalue weighted by atomic mass is 35.5. The van der Waals surface area contributed by atoms with Crippen molar-refractivity contribution >= 4 is 23.2 Å². The Morgan fingerprint density at radius 3 is 2.48 bits per heavy atom. The summed E-state index contributed by atoms with van der Waals surface area (Å²) >= 11 is 5.55. The van der Waals surface area contributed by atoms with Crippen LogP contribution in [0.25, 0.3) is 0 Å². The molecule has 0 aliphatic carbocycles. The molecule has 25 heavy (non-hydrogen) atoms. The Balaban J connectivity index is 2.08. The van der Waals surface area contributed by atoms with Crippen molar-refractivity contribution in [3.05, 3.63) is 53.1 Å². The van der Waals surface area contributed by atoms with E-state index in [4.69, 9.17) is 21.1 Å². The van der Waals surface area contributed by atoms with Gasteiger partial charge in [0.25, 0.3) is 5.91 Å². The third-order valence-electron chi connectivity index (χ3n) is 3.26. The van der Waals surface area contributed by atoms with Gasteiger partial charge in [0, 0.05) is 11.8 Å². The summed E-state index contributed by atoms with van der Waals surface area (Å²) < 4.78 is 49.1. The topological polar surface area (TPSA) is 47.6 Å². The lowest BCUT2D eigenvalue weighted by molar-refractivity contribution is -0.137. The van der Waals surface area contributed by atoms with Gasteiger partial charge in [-0.3, -0.25) is 4.79 Å². The van der Waals surface area contributed by atoms with Gasteiger partial charge in [0.05, 0.1) is 17.7 Å². The van der Waals surface area contributed by atoms with E-state index in [1.165, 1.54) is 20.1 Å². The number of amides is 1. The Morgan fingerprint density at radius 2 is 1.84 bits per heavy atom. The van der Waals surface area contributed by atoms with E-state index in [2.05, 4.69) is 5.32 Å². The molecular formula is C17H15ClF3NO3. The van der Waals surface area contributed by atoms with E-state index >= 15 is 0 Å². The van der Waals surface area contributed by atoms with Gasteiger partial charge in [0.15, 0.2) is 6.10 Å². The number of carbonyl (C=O) groups excluding carboxylic acids is 1. The number of ether oxygens (including phenoxy) is 2. The van der Waals surface area contributed by atoms with Crippen molar-refractivity contribution < 1.29 is 27.4 Å². The molecule has 0 fully saturated rings. The van der Waals surface area contributed by atoms with Crippen LogP contribution in [0.4, 0.5) is 18.9 Å². The molecule has 2 aromatic rings. The molecule has 1 amide bonds. The number of methoxy groups -OCH3 is 1. The standard InChI is InChI=1S/C17H15ClF3NO3/c1-10(25-13-5-3-4-12(9-13)24-2)16(23)22-11-6-7-15(18)14(8-11)17(19,20)21/h3-10H,1-2H3,(H,22,23)/t10-/m0/s1. The summed E-state index contributed by atoms with van der Waals surface area (Å²) in [7, 11) is 1.49. The SMILES string of the molecule is COc1cccc(O[C@@H](C)C(=O)Nc2ccc(Cl)c(C(F)(F)F)c2)c1. The van der Waals surface area contributed by atoms with Crippen LogP contribution in [0, 0.1) is 0 Å². The minimum Gasteiger partial charge on any atom is -0.497 e. The Hall–Kier alpha value is -2.41. The molecule has 1 N–H and O–H groups in total. The summed E-state index contributed by atoms with van der Waals surface area (Å²) in [5.41, 5.74) is -1.05. The largest absolute Gasteiger partial charge is 0.497 e. The zero-order valence-corrected chi connectivity index (χ0v) is 14.1. The fraction of sp³-hybridized carbons (Fsp3) is 0.235. The van der Waals surface area contributed by atoms with Crippen molar-refractivity contribution in [1.82, 2.24) is 0 Å². The number of benzene rings is 2. The zero-order chi connectivity index (χ0) is 18.6. The number of hydrogen-bond acceptors (Lipinski definition) is 3. The normalized spacial score (nSPS) is 12.4. The molecule has 0 aliphatic rings. The van der Waals surface area contributed by atoms with Crippen LogP contribution in [0.5, 0.6) is 11.5 Å². The molecule has 0 aromatic heterocycles. The summed E-state index contributed by atoms with van der Waals surface area (Å²) in [5.74, 6) is 0.352. The number of rotatable bonds is 5. The maximum atomic E-state index is 12.8. The molecule has 2 aromatic carbocycles. The first kappa shape index (κ1) is 18.9. The number of nitrogens with one attached hydrogen (secondary N) is 1. The fourth-order valence-corrected chi connectivity index (χ4v) is 2.22. The van der Waals surface area contributed by atoms with Crippen LogP contribution in [-0.2, 0) is 11.0 Å². The van der Waals surface area contributed by atoms with Crippen LogP contribution in [0.3, 0.4) is 0 Å². The zero-order valence-electron chi connectivity index (χ0n) is 13.4. The first-order chi connectivity index (χ1) is 11.7. The van der Waals surface area contributed by atoms with Gasteiger partial charge in [0.2, 0.25) is 0 Å². The van der Waals surface area contributed by atoms with Crippen LogP contribution in [0.1, 0.15) is 12.5 Å². The Morgan fingerprint density at radius 1 is 1.16 bits per heavy atom. The van der Waals surface area contributed by atoms with E-state index in [9.17, 15) is 18.0 Å². The van der Waals surface area contributed by atoms with E-state index in [-0.39, 0.29) is 5.69 Å². The minimum atomic E-state index is -4.61. The lowest BCUT2D eigenvalue weighted by Gasteiger charge is -2.16. The molecule has 134 valence electrons. The Kier molecular flexibility index (Phi) is 5.79. The first-order valence-electron chi connectivity index (χ1n) is 7.19. The van der Waals surface area contributed by atoms with Crippen molar-refractivity contribution in [3.63, 3.8) is 0 Å². The number of carbonyl (C=O) groups is 1. The maximum absolute atomic E-state index is 12.8. The molecule has 0 aliphatic heterocycles. The highest BCUT2D eigenvalue weighted by Crippen LogP contribution is 2.36. The lowest BCUT2D eigenvalue weighted by atomic mass is 10.2. The van der Waals surface area contributed by atoms with Crippen molar-refractivity contribution in [2.24, 2.45) is 0 Å². The highest BCUT2D eigenvalue weighted by molar-refractivity contribution is 6.31. The molecule has 1 atom stereocenters. The molecule has 0 saturated heterocycles. The number of halogens is 4. The van der Waals surface area contributed by atoms with Gasteiger partial charge in [-0.1, -0.05) is 17.7 Å². The third-order valence-corrected chi connectivity index (χ3v) is 3.59. The summed E-state index contributed by atoms with van der Waals surface area (Å²) in [6.45, 7) is 1.48. The molecule has 0 saturated carbocycles. The predicted molar refractivity (Wildman–Crippen MR) is 88.2 cm³/mol. The quantitative estimate of drug-likeness (QED) is 0.821. The van der Waals surface area contributed by atoms with Crippen LogP contribution >= 0.6 is 11.6 Å². The van der Waals surface area contributed by atoms with Crippen LogP contribution < -0.4 is 14.8 Å². The van der Waals surface area contributed by atoms with Crippen LogP contribution in [0.2, 0.25) is 5.02 Å². The lowest BCUT2D eigenvalue weighted by Crippen LogP contribution is -2.30. The van der Waals surface area contributed by atoms with Crippen LogP contribution in [-0.4, -0.2) is 19.1 Å². The molecule has 2 rings (SSSR count). The molecule has 8 heteroatoms. The average Bonchev–Trinajstić information content (AvgIpc) is 2.55. The highest BCUT2D eigenvalue weighted by Gasteiger charge is 2.33. The van der Waals surface area contributed by atoms with Gasteiger partial charge >= 0.3 is 6.18 Å². The van der Waals surface area contributed by atoms with Gasteiger partial charge < -0.3 is 14.8 Å². The molecule has 0 bridgehead atoms. The van der Waals surface area contributed by atoms with Crippen LogP contribution in [0.15, 0.2) is 42.5 Å². The van der Waals surface area contributed by atoms with E-state index < -0.39 is 28.8 Å². The van der Waals surface area contributed by atoms with Crippen molar-refractivity contribution in [1.29, 1.82) is 0 Å². The Bertz CT molecular complexity index is 765. The first-order valence-corrected chi connectivity index (χ1v) is 7.57. The van der Waals surface area contributed by atoms with E-state index in [1.807, 2.05) is 0 Å². The molecule has 0 unspecified atom stereocenters. The van der Waals surface area contributed by atoms with Gasteiger partial charge in [-0.05, 0) is 37.3 Å². The van der Waals surface area contributed by atoms with Crippen molar-refractivity contribution in [2.75, 3.05) is 12.4 Å². The molecular weight excluding hydrogens is 359 g/mol. The summed E-state index contributed by atoms with van der Waals surface area (Å²) in [6.07, 6.45) is -5.54. The smallest absolute Gasteiger partial charge is 0.417 e. The van der Waals surface area contributed by atoms with E-state index in [0.29, 0.717) is 11.5 Å². The molecule has 0 spiro atoms. The number of anilines is 1. The second-order valence-electron chi connectivity index (χ2n) is 5.12. The minimum absolute atomic E-state index is 0.0252. The third kappa shape index (κ3) is 5.03. The van der Waals surface area contributed by atoms with Gasteiger partial charge in [-0.2, -0.15) is 13.2 Å². The second kappa shape index (κ2) is 7.65. The molecule has 0 radical (unpaired) electrons. The summed E-state index contributed by atoms with van der Waals surface area (Å²) in [5, 5.41) is 1.94.